The topological polar surface area (TPSA) is 64.0 Å². The van der Waals surface area contributed by atoms with Crippen LogP contribution >= 0.6 is 11.8 Å². The molecular weight excluding hydrogens is 286 g/mol. The molecule has 1 aromatic heterocycles. The van der Waals surface area contributed by atoms with Crippen LogP contribution in [0.1, 0.15) is 51.3 Å². The number of hydrogen-bond acceptors (Lipinski definition) is 4. The second kappa shape index (κ2) is 7.64. The van der Waals surface area contributed by atoms with Gasteiger partial charge in [0.05, 0.1) is 6.04 Å². The molecule has 0 bridgehead atoms. The summed E-state index contributed by atoms with van der Waals surface area (Å²) in [4.78, 5) is 28.6. The number of unbranched alkanes of at least 4 members (excludes halogenated alkanes) is 2. The zero-order chi connectivity index (χ0) is 15.2. The number of carbonyl (C=O) groups excluding carboxylic acids is 1. The molecule has 0 saturated carbocycles. The number of aromatic nitrogens is 2. The minimum Gasteiger partial charge on any atom is -0.356 e. The van der Waals surface area contributed by atoms with Crippen molar-refractivity contribution in [1.29, 1.82) is 0 Å². The van der Waals surface area contributed by atoms with Crippen molar-refractivity contribution in [2.45, 2.75) is 57.1 Å². The minimum atomic E-state index is -0.0675. The first kappa shape index (κ1) is 16.1. The largest absolute Gasteiger partial charge is 0.356 e. The minimum absolute atomic E-state index is 0.0241. The molecular formula is C15H23N3O2S. The molecule has 0 fully saturated rings. The quantitative estimate of drug-likeness (QED) is 0.619. The summed E-state index contributed by atoms with van der Waals surface area (Å²) >= 11 is 1.57. The number of nitrogens with zero attached hydrogens (tertiary/aromatic N) is 2. The van der Waals surface area contributed by atoms with Gasteiger partial charge in [-0.25, -0.2) is 4.98 Å². The molecule has 1 aliphatic rings. The van der Waals surface area contributed by atoms with Crippen LogP contribution < -0.4 is 10.9 Å². The highest BCUT2D eigenvalue weighted by molar-refractivity contribution is 7.99. The third-order valence-electron chi connectivity index (χ3n) is 3.63. The summed E-state index contributed by atoms with van der Waals surface area (Å²) in [7, 11) is 0. The summed E-state index contributed by atoms with van der Waals surface area (Å²) in [5, 5.41) is 3.69. The van der Waals surface area contributed by atoms with Gasteiger partial charge < -0.3 is 5.32 Å². The molecule has 0 saturated heterocycles. The Morgan fingerprint density at radius 1 is 1.48 bits per heavy atom. The van der Waals surface area contributed by atoms with Crippen LogP contribution in [0.5, 0.6) is 0 Å². The number of hydrogen-bond donors (Lipinski definition) is 1. The van der Waals surface area contributed by atoms with Crippen LogP contribution in [0.2, 0.25) is 0 Å². The molecule has 1 aromatic rings. The Hall–Kier alpha value is -1.30. The van der Waals surface area contributed by atoms with E-state index in [2.05, 4.69) is 17.2 Å². The van der Waals surface area contributed by atoms with Gasteiger partial charge in [-0.15, -0.1) is 0 Å². The van der Waals surface area contributed by atoms with Crippen molar-refractivity contribution in [2.24, 2.45) is 0 Å². The fraction of sp³-hybridized carbons (Fsp3) is 0.667. The van der Waals surface area contributed by atoms with E-state index in [1.165, 1.54) is 0 Å². The van der Waals surface area contributed by atoms with Gasteiger partial charge in [0.15, 0.2) is 5.16 Å². The van der Waals surface area contributed by atoms with Gasteiger partial charge in [-0.2, -0.15) is 0 Å². The first-order chi connectivity index (χ1) is 10.2. The van der Waals surface area contributed by atoms with Crippen LogP contribution in [-0.2, 0) is 11.2 Å². The zero-order valence-corrected chi connectivity index (χ0v) is 13.5. The van der Waals surface area contributed by atoms with Gasteiger partial charge in [0.1, 0.15) is 0 Å². The fourth-order valence-electron chi connectivity index (χ4n) is 2.42. The molecule has 0 radical (unpaired) electrons. The van der Waals surface area contributed by atoms with E-state index in [1.807, 2.05) is 6.92 Å². The van der Waals surface area contributed by atoms with E-state index in [0.717, 1.165) is 48.8 Å². The summed E-state index contributed by atoms with van der Waals surface area (Å²) < 4.78 is 1.68. The summed E-state index contributed by atoms with van der Waals surface area (Å²) in [6, 6.07) is 1.52. The lowest BCUT2D eigenvalue weighted by Crippen LogP contribution is -2.31. The molecule has 0 spiro atoms. The SMILES string of the molecule is CCCCCNC(=O)CC1CSc2nc(CC)cc(=O)n21. The molecule has 6 heteroatoms. The van der Waals surface area contributed by atoms with Gasteiger partial charge in [0.2, 0.25) is 5.91 Å². The van der Waals surface area contributed by atoms with Crippen LogP contribution in [0.15, 0.2) is 16.0 Å². The van der Waals surface area contributed by atoms with E-state index >= 15 is 0 Å². The fourth-order valence-corrected chi connectivity index (χ4v) is 3.59. The van der Waals surface area contributed by atoms with Crippen LogP contribution in [0.3, 0.4) is 0 Å². The first-order valence-electron chi connectivity index (χ1n) is 7.67. The standard InChI is InChI=1S/C15H23N3O2S/c1-3-5-6-7-16-13(19)9-12-10-21-15-17-11(4-2)8-14(20)18(12)15/h8,12H,3-7,9-10H2,1-2H3,(H,16,19). The predicted octanol–water partition coefficient (Wildman–Crippen LogP) is 2.15. The Balaban J connectivity index is 1.96. The average Bonchev–Trinajstić information content (AvgIpc) is 2.87. The van der Waals surface area contributed by atoms with Gasteiger partial charge in [0.25, 0.3) is 5.56 Å². The van der Waals surface area contributed by atoms with Crippen molar-refractivity contribution < 1.29 is 4.79 Å². The van der Waals surface area contributed by atoms with Crippen LogP contribution in [0.25, 0.3) is 0 Å². The Kier molecular flexibility index (Phi) is 5.85. The second-order valence-electron chi connectivity index (χ2n) is 5.32. The smallest absolute Gasteiger partial charge is 0.254 e. The molecule has 2 heterocycles. The molecule has 1 amide bonds. The lowest BCUT2D eigenvalue weighted by Gasteiger charge is -2.13. The van der Waals surface area contributed by atoms with Crippen molar-refractivity contribution >= 4 is 17.7 Å². The van der Waals surface area contributed by atoms with Crippen molar-refractivity contribution in [3.8, 4) is 0 Å². The molecule has 1 atom stereocenters. The summed E-state index contributed by atoms with van der Waals surface area (Å²) in [6.07, 6.45) is 4.40. The van der Waals surface area contributed by atoms with Crippen LogP contribution in [0.4, 0.5) is 0 Å². The van der Waals surface area contributed by atoms with Crippen LogP contribution in [-0.4, -0.2) is 27.8 Å². The lowest BCUT2D eigenvalue weighted by molar-refractivity contribution is -0.121. The Bertz CT molecular complexity index is 556. The van der Waals surface area contributed by atoms with Crippen LogP contribution in [0, 0.1) is 0 Å². The van der Waals surface area contributed by atoms with E-state index in [-0.39, 0.29) is 17.5 Å². The molecule has 1 N–H and O–H groups in total. The highest BCUT2D eigenvalue weighted by Gasteiger charge is 2.27. The highest BCUT2D eigenvalue weighted by Crippen LogP contribution is 2.31. The van der Waals surface area contributed by atoms with E-state index in [0.29, 0.717) is 6.42 Å². The highest BCUT2D eigenvalue weighted by atomic mass is 32.2. The predicted molar refractivity (Wildman–Crippen MR) is 84.8 cm³/mol. The van der Waals surface area contributed by atoms with Crippen molar-refractivity contribution in [3.05, 3.63) is 22.1 Å². The van der Waals surface area contributed by atoms with Gasteiger partial charge in [-0.3, -0.25) is 14.2 Å². The monoisotopic (exact) mass is 309 g/mol. The Labute approximate surface area is 129 Å². The van der Waals surface area contributed by atoms with Gasteiger partial charge in [-0.1, -0.05) is 38.5 Å². The maximum Gasteiger partial charge on any atom is 0.254 e. The third-order valence-corrected chi connectivity index (χ3v) is 4.73. The molecule has 5 nitrogen and oxygen atoms in total. The maximum absolute atomic E-state index is 12.2. The lowest BCUT2D eigenvalue weighted by atomic mass is 10.2. The Morgan fingerprint density at radius 2 is 2.29 bits per heavy atom. The first-order valence-corrected chi connectivity index (χ1v) is 8.66. The average molecular weight is 309 g/mol. The number of fused-ring (bicyclic) bond motifs is 1. The van der Waals surface area contributed by atoms with Gasteiger partial charge >= 0.3 is 0 Å². The Morgan fingerprint density at radius 3 is 3.00 bits per heavy atom. The molecule has 1 unspecified atom stereocenters. The van der Waals surface area contributed by atoms with E-state index < -0.39 is 0 Å². The molecule has 1 aliphatic heterocycles. The molecule has 116 valence electrons. The molecule has 0 aliphatic carbocycles. The number of rotatable bonds is 7. The summed E-state index contributed by atoms with van der Waals surface area (Å²) in [5.41, 5.74) is 0.786. The third kappa shape index (κ3) is 4.09. The summed E-state index contributed by atoms with van der Waals surface area (Å²) in [6.45, 7) is 4.85. The van der Waals surface area contributed by atoms with E-state index in [4.69, 9.17) is 0 Å². The normalized spacial score (nSPS) is 16.8. The number of carbonyl (C=O) groups is 1. The molecule has 0 aromatic carbocycles. The van der Waals surface area contributed by atoms with E-state index in [1.54, 1.807) is 22.4 Å². The van der Waals surface area contributed by atoms with Crippen molar-refractivity contribution in [2.75, 3.05) is 12.3 Å². The maximum atomic E-state index is 12.2. The number of amides is 1. The zero-order valence-electron chi connectivity index (χ0n) is 12.7. The summed E-state index contributed by atoms with van der Waals surface area (Å²) in [5.74, 6) is 0.772. The molecule has 21 heavy (non-hydrogen) atoms. The number of aryl methyl sites for hydroxylation is 1. The number of thioether (sulfide) groups is 1. The van der Waals surface area contributed by atoms with Crippen molar-refractivity contribution in [3.63, 3.8) is 0 Å². The van der Waals surface area contributed by atoms with Gasteiger partial charge in [-0.05, 0) is 12.8 Å². The van der Waals surface area contributed by atoms with Gasteiger partial charge in [0, 0.05) is 30.5 Å². The van der Waals surface area contributed by atoms with E-state index in [9.17, 15) is 9.59 Å². The van der Waals surface area contributed by atoms with Crippen molar-refractivity contribution in [1.82, 2.24) is 14.9 Å². The molecule has 2 rings (SSSR count). The second-order valence-corrected chi connectivity index (χ2v) is 6.31. The number of nitrogens with one attached hydrogen (secondary N) is 1.